The zero-order valence-electron chi connectivity index (χ0n) is 25.8. The highest BCUT2D eigenvalue weighted by molar-refractivity contribution is 6.01. The van der Waals surface area contributed by atoms with Crippen molar-refractivity contribution in [3.63, 3.8) is 0 Å². The summed E-state index contributed by atoms with van der Waals surface area (Å²) in [5.41, 5.74) is 3.01. The van der Waals surface area contributed by atoms with Crippen LogP contribution in [0.1, 0.15) is 94.1 Å². The summed E-state index contributed by atoms with van der Waals surface area (Å²) in [5, 5.41) is 18.0. The maximum atomic E-state index is 13.0. The molecule has 3 rings (SSSR count). The van der Waals surface area contributed by atoms with Gasteiger partial charge in [0, 0.05) is 74.6 Å². The molecule has 0 unspecified atom stereocenters. The van der Waals surface area contributed by atoms with E-state index in [0.29, 0.717) is 74.6 Å². The van der Waals surface area contributed by atoms with Gasteiger partial charge >= 0.3 is 0 Å². The van der Waals surface area contributed by atoms with E-state index in [1.54, 1.807) is 12.1 Å². The zero-order valence-corrected chi connectivity index (χ0v) is 25.8. The molecule has 10 heteroatoms. The number of nitrogens with one attached hydrogen (secondary N) is 6. The molecule has 1 aliphatic rings. The Bertz CT molecular complexity index is 1120. The second-order valence-corrected chi connectivity index (χ2v) is 12.6. The van der Waals surface area contributed by atoms with E-state index in [1.807, 2.05) is 65.8 Å². The molecule has 0 spiro atoms. The molecular weight excluding hydrogens is 532 g/mol. The van der Waals surface area contributed by atoms with E-state index < -0.39 is 0 Å². The van der Waals surface area contributed by atoms with Crippen molar-refractivity contribution in [2.75, 3.05) is 52.4 Å². The molecule has 2 aromatic rings. The molecule has 0 atom stereocenters. The predicted octanol–water partition coefficient (Wildman–Crippen LogP) is 2.09. The Morgan fingerprint density at radius 2 is 0.643 bits per heavy atom. The van der Waals surface area contributed by atoms with Crippen LogP contribution in [0.2, 0.25) is 0 Å². The molecule has 4 bridgehead atoms. The van der Waals surface area contributed by atoms with Gasteiger partial charge in [0.2, 0.25) is 0 Å². The summed E-state index contributed by atoms with van der Waals surface area (Å²) in [5.74, 6) is -1.01. The predicted molar refractivity (Wildman–Crippen MR) is 165 cm³/mol. The lowest BCUT2D eigenvalue weighted by Crippen LogP contribution is -2.37. The molecule has 4 amide bonds. The molecular formula is C32H46N6O4. The highest BCUT2D eigenvalue weighted by Crippen LogP contribution is 2.26. The molecule has 42 heavy (non-hydrogen) atoms. The molecule has 2 aromatic carbocycles. The minimum Gasteiger partial charge on any atom is -0.351 e. The van der Waals surface area contributed by atoms with Crippen LogP contribution in [0.4, 0.5) is 0 Å². The van der Waals surface area contributed by atoms with Crippen molar-refractivity contribution >= 4 is 23.6 Å². The fourth-order valence-electron chi connectivity index (χ4n) is 4.36. The van der Waals surface area contributed by atoms with Gasteiger partial charge in [0.25, 0.3) is 23.6 Å². The Morgan fingerprint density at radius 1 is 0.405 bits per heavy atom. The van der Waals surface area contributed by atoms with E-state index in [-0.39, 0.29) is 34.5 Å². The van der Waals surface area contributed by atoms with Crippen molar-refractivity contribution in [2.24, 2.45) is 0 Å². The van der Waals surface area contributed by atoms with Crippen LogP contribution < -0.4 is 31.9 Å². The lowest BCUT2D eigenvalue weighted by atomic mass is 9.85. The summed E-state index contributed by atoms with van der Waals surface area (Å²) in [7, 11) is 0. The number of fused-ring (bicyclic) bond motifs is 4. The summed E-state index contributed by atoms with van der Waals surface area (Å²) >= 11 is 0. The molecule has 1 heterocycles. The second-order valence-electron chi connectivity index (χ2n) is 12.6. The van der Waals surface area contributed by atoms with Gasteiger partial charge in [-0.25, -0.2) is 0 Å². The molecule has 0 radical (unpaired) electrons. The minimum atomic E-state index is -0.252. The van der Waals surface area contributed by atoms with Crippen LogP contribution in [0.5, 0.6) is 0 Å². The molecule has 1 aliphatic heterocycles. The van der Waals surface area contributed by atoms with Gasteiger partial charge in [0.05, 0.1) is 0 Å². The standard InChI is InChI=1S/C32H46N6O4/c1-31(2,3)25-17-21-15-22(18-25)28(40)36-12-8-34-10-14-38-30(42)24-16-23(19-26(20-24)32(4,5)6)29(41)37-13-9-33-7-11-35-27(21)39/h15-20,33-34H,7-14H2,1-6H3,(H,35,39)(H,36,40)(H,37,41)(H,38,42). The quantitative estimate of drug-likeness (QED) is 0.283. The minimum absolute atomic E-state index is 0.249. The third-order valence-electron chi connectivity index (χ3n) is 7.00. The SMILES string of the molecule is CC(C)(C)c1cc2cc(c1)C(=O)NCCNCCNC(=O)c1cc(cc(C(C)(C)C)c1)C(=O)NCCNCCNC2=O. The van der Waals surface area contributed by atoms with Gasteiger partial charge in [-0.05, 0) is 58.4 Å². The Balaban J connectivity index is 1.75. The molecule has 0 aromatic heterocycles. The van der Waals surface area contributed by atoms with Crippen molar-refractivity contribution in [1.82, 2.24) is 31.9 Å². The molecule has 0 aliphatic carbocycles. The van der Waals surface area contributed by atoms with Crippen LogP contribution in [0.25, 0.3) is 0 Å². The topological polar surface area (TPSA) is 140 Å². The van der Waals surface area contributed by atoms with Crippen LogP contribution in [0.15, 0.2) is 36.4 Å². The van der Waals surface area contributed by atoms with Crippen molar-refractivity contribution in [3.8, 4) is 0 Å². The van der Waals surface area contributed by atoms with E-state index in [1.165, 1.54) is 0 Å². The van der Waals surface area contributed by atoms with E-state index in [2.05, 4.69) is 31.9 Å². The third-order valence-corrected chi connectivity index (χ3v) is 7.00. The molecule has 10 nitrogen and oxygen atoms in total. The fourth-order valence-corrected chi connectivity index (χ4v) is 4.36. The molecule has 228 valence electrons. The van der Waals surface area contributed by atoms with Crippen molar-refractivity contribution in [2.45, 2.75) is 52.4 Å². The van der Waals surface area contributed by atoms with Crippen molar-refractivity contribution in [1.29, 1.82) is 0 Å². The molecule has 0 saturated heterocycles. The summed E-state index contributed by atoms with van der Waals surface area (Å²) in [6, 6.07) is 10.5. The van der Waals surface area contributed by atoms with E-state index in [0.717, 1.165) is 11.1 Å². The van der Waals surface area contributed by atoms with Gasteiger partial charge in [-0.2, -0.15) is 0 Å². The Kier molecular flexibility index (Phi) is 11.2. The highest BCUT2D eigenvalue weighted by atomic mass is 16.2. The summed E-state index contributed by atoms with van der Waals surface area (Å²) < 4.78 is 0. The van der Waals surface area contributed by atoms with Gasteiger partial charge in [-0.15, -0.1) is 0 Å². The zero-order chi connectivity index (χ0) is 30.9. The Labute approximate surface area is 249 Å². The number of carbonyl (C=O) groups is 4. The maximum absolute atomic E-state index is 13.0. The van der Waals surface area contributed by atoms with Gasteiger partial charge in [0.15, 0.2) is 0 Å². The number of benzene rings is 2. The molecule has 0 fully saturated rings. The fraction of sp³-hybridized carbons (Fsp3) is 0.500. The summed E-state index contributed by atoms with van der Waals surface area (Å²) in [6.07, 6.45) is 0. The van der Waals surface area contributed by atoms with Crippen molar-refractivity contribution in [3.05, 3.63) is 69.8 Å². The van der Waals surface area contributed by atoms with Crippen molar-refractivity contribution < 1.29 is 19.2 Å². The normalized spacial score (nSPS) is 17.3. The first-order valence-corrected chi connectivity index (χ1v) is 14.6. The van der Waals surface area contributed by atoms with E-state index >= 15 is 0 Å². The average Bonchev–Trinajstić information content (AvgIpc) is 2.93. The monoisotopic (exact) mass is 578 g/mol. The van der Waals surface area contributed by atoms with E-state index in [9.17, 15) is 19.2 Å². The maximum Gasteiger partial charge on any atom is 0.251 e. The smallest absolute Gasteiger partial charge is 0.251 e. The second kappa shape index (κ2) is 14.4. The average molecular weight is 579 g/mol. The highest BCUT2D eigenvalue weighted by Gasteiger charge is 2.21. The lowest BCUT2D eigenvalue weighted by molar-refractivity contribution is 0.0940. The van der Waals surface area contributed by atoms with Crippen LogP contribution in [0.3, 0.4) is 0 Å². The van der Waals surface area contributed by atoms with Crippen LogP contribution in [0, 0.1) is 0 Å². The van der Waals surface area contributed by atoms with Crippen LogP contribution in [-0.4, -0.2) is 76.0 Å². The number of carbonyl (C=O) groups excluding carboxylic acids is 4. The largest absolute Gasteiger partial charge is 0.351 e. The number of amides is 4. The lowest BCUT2D eigenvalue weighted by Gasteiger charge is -2.21. The Morgan fingerprint density at radius 3 is 0.857 bits per heavy atom. The Hall–Kier alpha value is -3.76. The van der Waals surface area contributed by atoms with Gasteiger partial charge in [0.1, 0.15) is 0 Å². The van der Waals surface area contributed by atoms with E-state index in [4.69, 9.17) is 0 Å². The first-order valence-electron chi connectivity index (χ1n) is 14.6. The number of hydrogen-bond acceptors (Lipinski definition) is 6. The van der Waals surface area contributed by atoms with Gasteiger partial charge < -0.3 is 31.9 Å². The van der Waals surface area contributed by atoms with Gasteiger partial charge in [-0.1, -0.05) is 41.5 Å². The summed E-state index contributed by atoms with van der Waals surface area (Å²) in [4.78, 5) is 51.8. The summed E-state index contributed by atoms with van der Waals surface area (Å²) in [6.45, 7) is 15.8. The number of hydrogen-bond donors (Lipinski definition) is 6. The van der Waals surface area contributed by atoms with Gasteiger partial charge in [-0.3, -0.25) is 19.2 Å². The molecule has 6 N–H and O–H groups in total. The molecule has 0 saturated carbocycles. The first-order chi connectivity index (χ1) is 19.8. The number of rotatable bonds is 0. The van der Waals surface area contributed by atoms with Crippen LogP contribution in [-0.2, 0) is 10.8 Å². The third kappa shape index (κ3) is 9.66. The first kappa shape index (κ1) is 32.8. The van der Waals surface area contributed by atoms with Crippen LogP contribution >= 0.6 is 0 Å².